The van der Waals surface area contributed by atoms with Gasteiger partial charge in [-0.15, -0.1) is 0 Å². The molecule has 0 spiro atoms. The second-order valence-corrected chi connectivity index (χ2v) is 7.28. The zero-order valence-corrected chi connectivity index (χ0v) is 12.2. The molecular formula is C13H28N2S. The van der Waals surface area contributed by atoms with E-state index in [0.717, 1.165) is 6.54 Å². The van der Waals surface area contributed by atoms with Gasteiger partial charge in [-0.2, -0.15) is 11.8 Å². The SMILES string of the molecule is CCC(CC)(CN)N1CCSC(C)(C)CC1. The summed E-state index contributed by atoms with van der Waals surface area (Å²) < 4.78 is 0.441. The lowest BCUT2D eigenvalue weighted by molar-refractivity contribution is 0.0907. The fraction of sp³-hybridized carbons (Fsp3) is 1.00. The van der Waals surface area contributed by atoms with Gasteiger partial charge in [0.2, 0.25) is 0 Å². The predicted molar refractivity (Wildman–Crippen MR) is 75.1 cm³/mol. The molecule has 1 aliphatic heterocycles. The van der Waals surface area contributed by atoms with Crippen molar-refractivity contribution in [1.82, 2.24) is 4.90 Å². The normalized spacial score (nSPS) is 23.1. The molecule has 1 rings (SSSR count). The molecule has 3 heteroatoms. The van der Waals surface area contributed by atoms with E-state index in [-0.39, 0.29) is 5.54 Å². The van der Waals surface area contributed by atoms with Gasteiger partial charge in [0.05, 0.1) is 0 Å². The molecule has 0 saturated carbocycles. The van der Waals surface area contributed by atoms with Crippen molar-refractivity contribution in [1.29, 1.82) is 0 Å². The average Bonchev–Trinajstić information content (AvgIpc) is 2.44. The van der Waals surface area contributed by atoms with E-state index in [9.17, 15) is 0 Å². The fourth-order valence-corrected chi connectivity index (χ4v) is 3.71. The van der Waals surface area contributed by atoms with E-state index in [4.69, 9.17) is 5.73 Å². The number of hydrogen-bond acceptors (Lipinski definition) is 3. The van der Waals surface area contributed by atoms with Crippen molar-refractivity contribution in [2.75, 3.05) is 25.4 Å². The van der Waals surface area contributed by atoms with Gasteiger partial charge in [-0.25, -0.2) is 0 Å². The Balaban J connectivity index is 2.72. The number of hydrogen-bond donors (Lipinski definition) is 1. The van der Waals surface area contributed by atoms with Gasteiger partial charge in [-0.1, -0.05) is 27.7 Å². The molecular weight excluding hydrogens is 216 g/mol. The van der Waals surface area contributed by atoms with Crippen LogP contribution in [0, 0.1) is 0 Å². The molecule has 0 aliphatic carbocycles. The van der Waals surface area contributed by atoms with Crippen LogP contribution in [0.15, 0.2) is 0 Å². The van der Waals surface area contributed by atoms with Crippen molar-refractivity contribution in [3.8, 4) is 0 Å². The maximum absolute atomic E-state index is 6.03. The van der Waals surface area contributed by atoms with Crippen LogP contribution < -0.4 is 5.73 Å². The molecule has 2 N–H and O–H groups in total. The van der Waals surface area contributed by atoms with Crippen LogP contribution in [0.2, 0.25) is 0 Å². The van der Waals surface area contributed by atoms with Crippen molar-refractivity contribution in [3.63, 3.8) is 0 Å². The molecule has 1 fully saturated rings. The van der Waals surface area contributed by atoms with Gasteiger partial charge in [-0.3, -0.25) is 4.90 Å². The van der Waals surface area contributed by atoms with Crippen LogP contribution in [0.1, 0.15) is 47.0 Å². The molecule has 2 nitrogen and oxygen atoms in total. The van der Waals surface area contributed by atoms with E-state index in [1.54, 1.807) is 0 Å². The third-order valence-electron chi connectivity index (χ3n) is 4.20. The van der Waals surface area contributed by atoms with Crippen molar-refractivity contribution in [3.05, 3.63) is 0 Å². The Bertz CT molecular complexity index is 204. The zero-order valence-electron chi connectivity index (χ0n) is 11.4. The number of rotatable bonds is 4. The average molecular weight is 244 g/mol. The quantitative estimate of drug-likeness (QED) is 0.824. The molecule has 1 aliphatic rings. The first-order valence-corrected chi connectivity index (χ1v) is 7.57. The molecule has 96 valence electrons. The first-order valence-electron chi connectivity index (χ1n) is 6.59. The van der Waals surface area contributed by atoms with Crippen molar-refractivity contribution < 1.29 is 0 Å². The van der Waals surface area contributed by atoms with E-state index < -0.39 is 0 Å². The van der Waals surface area contributed by atoms with Crippen LogP contribution in [0.25, 0.3) is 0 Å². The summed E-state index contributed by atoms with van der Waals surface area (Å²) in [6.45, 7) is 12.5. The lowest BCUT2D eigenvalue weighted by Gasteiger charge is -2.42. The zero-order chi connectivity index (χ0) is 12.2. The van der Waals surface area contributed by atoms with Crippen molar-refractivity contribution in [2.45, 2.75) is 57.2 Å². The van der Waals surface area contributed by atoms with E-state index in [1.807, 2.05) is 0 Å². The Kier molecular flexibility index (Phi) is 5.14. The first-order chi connectivity index (χ1) is 7.49. The van der Waals surface area contributed by atoms with Gasteiger partial charge in [0, 0.05) is 35.7 Å². The molecule has 0 aromatic heterocycles. The summed E-state index contributed by atoms with van der Waals surface area (Å²) in [7, 11) is 0. The Morgan fingerprint density at radius 1 is 1.25 bits per heavy atom. The van der Waals surface area contributed by atoms with Gasteiger partial charge in [0.25, 0.3) is 0 Å². The minimum Gasteiger partial charge on any atom is -0.329 e. The van der Waals surface area contributed by atoms with Gasteiger partial charge in [0.15, 0.2) is 0 Å². The first kappa shape index (κ1) is 14.3. The maximum Gasteiger partial charge on any atom is 0.0326 e. The lowest BCUT2D eigenvalue weighted by Crippen LogP contribution is -2.54. The second kappa shape index (κ2) is 5.74. The van der Waals surface area contributed by atoms with Crippen molar-refractivity contribution in [2.24, 2.45) is 5.73 Å². The standard InChI is InChI=1S/C13H28N2S/c1-5-13(6-2,11-14)15-8-7-12(3,4)16-10-9-15/h5-11,14H2,1-4H3. The summed E-state index contributed by atoms with van der Waals surface area (Å²) in [5.41, 5.74) is 6.28. The molecule has 1 saturated heterocycles. The summed E-state index contributed by atoms with van der Waals surface area (Å²) in [6, 6.07) is 0. The van der Waals surface area contributed by atoms with Crippen LogP contribution >= 0.6 is 11.8 Å². The van der Waals surface area contributed by atoms with Crippen LogP contribution in [-0.4, -0.2) is 40.6 Å². The minimum absolute atomic E-state index is 0.251. The largest absolute Gasteiger partial charge is 0.329 e. The van der Waals surface area contributed by atoms with E-state index >= 15 is 0 Å². The van der Waals surface area contributed by atoms with Gasteiger partial charge in [0.1, 0.15) is 0 Å². The molecule has 0 bridgehead atoms. The van der Waals surface area contributed by atoms with E-state index in [1.165, 1.54) is 38.1 Å². The predicted octanol–water partition coefficient (Wildman–Crippen LogP) is 2.72. The highest BCUT2D eigenvalue weighted by molar-refractivity contribution is 8.00. The molecule has 0 amide bonds. The second-order valence-electron chi connectivity index (χ2n) is 5.48. The number of nitrogens with zero attached hydrogens (tertiary/aromatic N) is 1. The summed E-state index contributed by atoms with van der Waals surface area (Å²) >= 11 is 2.11. The monoisotopic (exact) mass is 244 g/mol. The molecule has 0 radical (unpaired) electrons. The highest BCUT2D eigenvalue weighted by Crippen LogP contribution is 2.34. The Morgan fingerprint density at radius 3 is 2.38 bits per heavy atom. The van der Waals surface area contributed by atoms with Crippen LogP contribution in [0.4, 0.5) is 0 Å². The summed E-state index contributed by atoms with van der Waals surface area (Å²) in [6.07, 6.45) is 3.62. The third kappa shape index (κ3) is 3.14. The molecule has 1 heterocycles. The van der Waals surface area contributed by atoms with Crippen molar-refractivity contribution >= 4 is 11.8 Å². The summed E-state index contributed by atoms with van der Waals surface area (Å²) in [5.74, 6) is 1.24. The number of nitrogens with two attached hydrogens (primary N) is 1. The topological polar surface area (TPSA) is 29.3 Å². The highest BCUT2D eigenvalue weighted by Gasteiger charge is 2.34. The Labute approximate surface area is 105 Å². The Hall–Kier alpha value is 0.270. The smallest absolute Gasteiger partial charge is 0.0326 e. The molecule has 0 aromatic carbocycles. The van der Waals surface area contributed by atoms with E-state index in [0.29, 0.717) is 4.75 Å². The fourth-order valence-electron chi connectivity index (χ4n) is 2.61. The van der Waals surface area contributed by atoms with Crippen LogP contribution in [-0.2, 0) is 0 Å². The van der Waals surface area contributed by atoms with Crippen LogP contribution in [0.3, 0.4) is 0 Å². The van der Waals surface area contributed by atoms with Gasteiger partial charge < -0.3 is 5.73 Å². The number of thioether (sulfide) groups is 1. The van der Waals surface area contributed by atoms with Crippen LogP contribution in [0.5, 0.6) is 0 Å². The van der Waals surface area contributed by atoms with Gasteiger partial charge in [-0.05, 0) is 19.3 Å². The van der Waals surface area contributed by atoms with E-state index in [2.05, 4.69) is 44.4 Å². The Morgan fingerprint density at radius 2 is 1.88 bits per heavy atom. The summed E-state index contributed by atoms with van der Waals surface area (Å²) in [4.78, 5) is 2.65. The lowest BCUT2D eigenvalue weighted by atomic mass is 9.90. The summed E-state index contributed by atoms with van der Waals surface area (Å²) in [5, 5.41) is 0. The maximum atomic E-state index is 6.03. The molecule has 0 unspecified atom stereocenters. The third-order valence-corrected chi connectivity index (χ3v) is 5.58. The molecule has 0 aromatic rings. The highest BCUT2D eigenvalue weighted by atomic mass is 32.2. The minimum atomic E-state index is 0.251. The van der Waals surface area contributed by atoms with Gasteiger partial charge >= 0.3 is 0 Å². The molecule has 0 atom stereocenters. The molecule has 16 heavy (non-hydrogen) atoms.